The highest BCUT2D eigenvalue weighted by molar-refractivity contribution is 7.80. The number of hydrogen-bond donors (Lipinski definition) is 2. The highest BCUT2D eigenvalue weighted by atomic mass is 35.5. The number of carbonyl (C=O) groups excluding carboxylic acids is 1. The summed E-state index contributed by atoms with van der Waals surface area (Å²) < 4.78 is 0. The molecule has 0 radical (unpaired) electrons. The summed E-state index contributed by atoms with van der Waals surface area (Å²) in [6.07, 6.45) is 2.30. The molecule has 150 valence electrons. The van der Waals surface area contributed by atoms with Crippen LogP contribution in [0.25, 0.3) is 0 Å². The molecular formula is C23H22Cl2N2OS. The van der Waals surface area contributed by atoms with Crippen LogP contribution < -0.4 is 10.6 Å². The molecule has 1 fully saturated rings. The lowest BCUT2D eigenvalue weighted by Crippen LogP contribution is -2.62. The minimum absolute atomic E-state index is 0.0583. The fraction of sp³-hybridized carbons (Fsp3) is 0.304. The summed E-state index contributed by atoms with van der Waals surface area (Å²) in [5.74, 6) is -0.229. The van der Waals surface area contributed by atoms with Gasteiger partial charge in [-0.25, -0.2) is 0 Å². The molecule has 4 rings (SSSR count). The zero-order chi connectivity index (χ0) is 20.8. The summed E-state index contributed by atoms with van der Waals surface area (Å²) in [5, 5.41) is 7.74. The molecule has 6 heteroatoms. The van der Waals surface area contributed by atoms with Gasteiger partial charge in [-0.15, -0.1) is 0 Å². The largest absolute Gasteiger partial charge is 0.372 e. The maximum absolute atomic E-state index is 13.7. The molecule has 1 spiro atoms. The van der Waals surface area contributed by atoms with Crippen molar-refractivity contribution in [2.24, 2.45) is 0 Å². The van der Waals surface area contributed by atoms with Crippen LogP contribution in [-0.2, 0) is 10.2 Å². The van der Waals surface area contributed by atoms with Gasteiger partial charge in [-0.2, -0.15) is 0 Å². The van der Waals surface area contributed by atoms with Crippen molar-refractivity contribution in [2.75, 3.05) is 5.32 Å². The molecule has 1 saturated heterocycles. The first-order valence-corrected chi connectivity index (χ1v) is 10.9. The van der Waals surface area contributed by atoms with E-state index in [0.29, 0.717) is 16.5 Å². The van der Waals surface area contributed by atoms with Crippen LogP contribution in [0.1, 0.15) is 43.2 Å². The molecule has 29 heavy (non-hydrogen) atoms. The predicted molar refractivity (Wildman–Crippen MR) is 124 cm³/mol. The Morgan fingerprint density at radius 3 is 2.72 bits per heavy atom. The van der Waals surface area contributed by atoms with E-state index in [1.54, 1.807) is 0 Å². The van der Waals surface area contributed by atoms with E-state index < -0.39 is 5.41 Å². The van der Waals surface area contributed by atoms with Gasteiger partial charge in [0.25, 0.3) is 0 Å². The average Bonchev–Trinajstić information content (AvgIpc) is 2.95. The second-order valence-corrected chi connectivity index (χ2v) is 9.10. The molecular weight excluding hydrogens is 423 g/mol. The number of hydrogen-bond acceptors (Lipinski definition) is 2. The predicted octanol–water partition coefficient (Wildman–Crippen LogP) is 6.01. The number of carbonyl (C=O) groups is 1. The quantitative estimate of drug-likeness (QED) is 0.447. The molecule has 0 bridgehead atoms. The number of amides is 1. The Bertz CT molecular complexity index is 1020. The van der Waals surface area contributed by atoms with Gasteiger partial charge in [0.05, 0.1) is 11.0 Å². The molecule has 2 aliphatic rings. The highest BCUT2D eigenvalue weighted by Gasteiger charge is 2.60. The molecule has 2 N–H and O–H groups in total. The van der Waals surface area contributed by atoms with Crippen LogP contribution in [0.3, 0.4) is 0 Å². The van der Waals surface area contributed by atoms with Crippen molar-refractivity contribution in [3.8, 4) is 0 Å². The molecule has 0 aromatic heterocycles. The number of piperidine rings is 1. The average molecular weight is 445 g/mol. The molecule has 2 aromatic carbocycles. The van der Waals surface area contributed by atoms with Gasteiger partial charge in [0.1, 0.15) is 5.41 Å². The number of thiocarbonyl (C=S) groups is 1. The monoisotopic (exact) mass is 444 g/mol. The minimum Gasteiger partial charge on any atom is -0.372 e. The van der Waals surface area contributed by atoms with E-state index in [9.17, 15) is 4.79 Å². The molecule has 0 saturated carbocycles. The van der Waals surface area contributed by atoms with Crippen LogP contribution in [0.5, 0.6) is 0 Å². The van der Waals surface area contributed by atoms with E-state index in [1.165, 1.54) is 0 Å². The molecule has 0 unspecified atom stereocenters. The highest BCUT2D eigenvalue weighted by Crippen LogP contribution is 2.54. The van der Waals surface area contributed by atoms with Crippen LogP contribution in [-0.4, -0.2) is 16.9 Å². The van der Waals surface area contributed by atoms with Crippen molar-refractivity contribution in [1.29, 1.82) is 0 Å². The second kappa shape index (κ2) is 7.75. The molecule has 0 aliphatic carbocycles. The van der Waals surface area contributed by atoms with Crippen LogP contribution in [0.15, 0.2) is 54.6 Å². The number of halogens is 2. The Kier molecular flexibility index (Phi) is 5.45. The van der Waals surface area contributed by atoms with Crippen LogP contribution >= 0.6 is 35.4 Å². The lowest BCUT2D eigenvalue weighted by Gasteiger charge is -2.48. The Hall–Kier alpha value is -1.88. The van der Waals surface area contributed by atoms with Gasteiger partial charge >= 0.3 is 0 Å². The summed E-state index contributed by atoms with van der Waals surface area (Å²) in [7, 11) is 0. The van der Waals surface area contributed by atoms with Crippen LogP contribution in [0.4, 0.5) is 5.69 Å². The van der Waals surface area contributed by atoms with E-state index in [1.807, 2.05) is 42.5 Å². The van der Waals surface area contributed by atoms with Gasteiger partial charge in [-0.05, 0) is 41.8 Å². The maximum atomic E-state index is 13.7. The Balaban J connectivity index is 1.98. The first-order valence-electron chi connectivity index (χ1n) is 9.72. The molecule has 1 amide bonds. The summed E-state index contributed by atoms with van der Waals surface area (Å²) in [5.41, 5.74) is 2.76. The normalized spacial score (nSPS) is 25.5. The molecule has 3 nitrogen and oxygen atoms in total. The third kappa shape index (κ3) is 3.27. The number of fused-ring (bicyclic) bond motifs is 2. The minimum atomic E-state index is -0.876. The number of benzene rings is 2. The number of rotatable bonds is 4. The fourth-order valence-electron chi connectivity index (χ4n) is 4.84. The second-order valence-electron chi connectivity index (χ2n) is 7.73. The Morgan fingerprint density at radius 1 is 1.24 bits per heavy atom. The first-order chi connectivity index (χ1) is 13.9. The van der Waals surface area contributed by atoms with Gasteiger partial charge in [-0.1, -0.05) is 79.1 Å². The molecule has 2 aromatic rings. The SMILES string of the molecule is C=C(CCC)[C@H]1NC(=S)C[C@@H](c2cccc(Cl)c2)[C@]12C(=O)Nc1cc(Cl)ccc12. The molecule has 3 atom stereocenters. The summed E-state index contributed by atoms with van der Waals surface area (Å²) in [6, 6.07) is 13.0. The molecule has 2 aliphatic heterocycles. The van der Waals surface area contributed by atoms with Crippen molar-refractivity contribution in [3.63, 3.8) is 0 Å². The van der Waals surface area contributed by atoms with E-state index in [2.05, 4.69) is 24.1 Å². The summed E-state index contributed by atoms with van der Waals surface area (Å²) in [4.78, 5) is 14.4. The maximum Gasteiger partial charge on any atom is 0.238 e. The zero-order valence-corrected chi connectivity index (χ0v) is 18.4. The van der Waals surface area contributed by atoms with Crippen molar-refractivity contribution in [1.82, 2.24) is 5.32 Å². The number of nitrogens with one attached hydrogen (secondary N) is 2. The molecule has 2 heterocycles. The number of anilines is 1. The van der Waals surface area contributed by atoms with Gasteiger partial charge < -0.3 is 10.6 Å². The Morgan fingerprint density at radius 2 is 2.00 bits per heavy atom. The lowest BCUT2D eigenvalue weighted by molar-refractivity contribution is -0.122. The fourth-order valence-corrected chi connectivity index (χ4v) is 5.49. The van der Waals surface area contributed by atoms with E-state index >= 15 is 0 Å². The third-order valence-corrected chi connectivity index (χ3v) is 6.74. The van der Waals surface area contributed by atoms with Gasteiger partial charge in [0.2, 0.25) is 5.91 Å². The standard InChI is InChI=1S/C23H22Cl2N2OS/c1-3-5-13(2)21-23(17-9-8-16(25)11-19(17)26-22(23)28)18(12-20(29)27-21)14-6-4-7-15(24)10-14/h4,6-11,18,21H,2-3,5,12H2,1H3,(H,26,28)(H,27,29)/t18-,21+,23-/m0/s1. The van der Waals surface area contributed by atoms with Crippen LogP contribution in [0.2, 0.25) is 10.0 Å². The van der Waals surface area contributed by atoms with E-state index in [4.69, 9.17) is 35.4 Å². The lowest BCUT2D eigenvalue weighted by atomic mass is 9.59. The third-order valence-electron chi connectivity index (χ3n) is 5.98. The van der Waals surface area contributed by atoms with E-state index in [0.717, 1.165) is 40.2 Å². The van der Waals surface area contributed by atoms with Crippen molar-refractivity contribution in [2.45, 2.75) is 43.6 Å². The smallest absolute Gasteiger partial charge is 0.238 e. The van der Waals surface area contributed by atoms with Crippen molar-refractivity contribution in [3.05, 3.63) is 75.8 Å². The topological polar surface area (TPSA) is 41.1 Å². The summed E-state index contributed by atoms with van der Waals surface area (Å²) >= 11 is 18.2. The van der Waals surface area contributed by atoms with Gasteiger partial charge in [-0.3, -0.25) is 4.79 Å². The van der Waals surface area contributed by atoms with Crippen molar-refractivity contribution >= 4 is 52.0 Å². The van der Waals surface area contributed by atoms with Crippen LogP contribution in [0, 0.1) is 0 Å². The van der Waals surface area contributed by atoms with Gasteiger partial charge in [0.15, 0.2) is 0 Å². The summed E-state index contributed by atoms with van der Waals surface area (Å²) in [6.45, 7) is 6.44. The van der Waals surface area contributed by atoms with Gasteiger partial charge in [0, 0.05) is 28.1 Å². The van der Waals surface area contributed by atoms with Crippen molar-refractivity contribution < 1.29 is 4.79 Å². The Labute approximate surface area is 186 Å². The first kappa shape index (κ1) is 20.4. The zero-order valence-electron chi connectivity index (χ0n) is 16.1. The van der Waals surface area contributed by atoms with E-state index in [-0.39, 0.29) is 17.9 Å².